The lowest BCUT2D eigenvalue weighted by Crippen LogP contribution is -1.92. The molecule has 0 bridgehead atoms. The van der Waals surface area contributed by atoms with Crippen molar-refractivity contribution in [3.63, 3.8) is 0 Å². The monoisotopic (exact) mass is 232 g/mol. The van der Waals surface area contributed by atoms with E-state index in [-0.39, 0.29) is 5.92 Å². The van der Waals surface area contributed by atoms with Gasteiger partial charge in [-0.05, 0) is 17.7 Å². The van der Waals surface area contributed by atoms with Crippen LogP contribution in [0.15, 0.2) is 28.8 Å². The first-order valence-electron chi connectivity index (χ1n) is 5.53. The Bertz CT molecular complexity index is 501. The smallest absolute Gasteiger partial charge is 0.175 e. The number of nitrogens with two attached hydrogens (primary N) is 1. The van der Waals surface area contributed by atoms with Gasteiger partial charge in [-0.1, -0.05) is 31.1 Å². The van der Waals surface area contributed by atoms with Gasteiger partial charge in [0.15, 0.2) is 5.82 Å². The van der Waals surface area contributed by atoms with Crippen LogP contribution in [0.2, 0.25) is 0 Å². The topological polar surface area (TPSA) is 61.3 Å². The van der Waals surface area contributed by atoms with E-state index in [1.807, 2.05) is 38.1 Å². The second kappa shape index (κ2) is 4.49. The minimum atomic E-state index is 0.247. The summed E-state index contributed by atoms with van der Waals surface area (Å²) >= 11 is 0. The molecule has 1 heterocycles. The summed E-state index contributed by atoms with van der Waals surface area (Å²) in [7, 11) is 1.64. The minimum absolute atomic E-state index is 0.247. The predicted molar refractivity (Wildman–Crippen MR) is 67.0 cm³/mol. The van der Waals surface area contributed by atoms with Crippen LogP contribution in [0.5, 0.6) is 5.75 Å². The molecule has 2 aromatic rings. The van der Waals surface area contributed by atoms with E-state index in [0.29, 0.717) is 5.82 Å². The van der Waals surface area contributed by atoms with Gasteiger partial charge in [-0.3, -0.25) is 0 Å². The van der Waals surface area contributed by atoms with Crippen molar-refractivity contribution < 1.29 is 9.26 Å². The fourth-order valence-electron chi connectivity index (χ4n) is 1.76. The molecule has 4 nitrogen and oxygen atoms in total. The van der Waals surface area contributed by atoms with Gasteiger partial charge in [-0.15, -0.1) is 0 Å². The Morgan fingerprint density at radius 3 is 2.41 bits per heavy atom. The van der Waals surface area contributed by atoms with E-state index in [1.54, 1.807) is 7.11 Å². The molecule has 0 aliphatic rings. The summed E-state index contributed by atoms with van der Waals surface area (Å²) < 4.78 is 10.4. The first-order valence-corrected chi connectivity index (χ1v) is 5.53. The molecule has 0 spiro atoms. The van der Waals surface area contributed by atoms with E-state index in [2.05, 4.69) is 5.16 Å². The van der Waals surface area contributed by atoms with Crippen LogP contribution in [-0.2, 0) is 0 Å². The first kappa shape index (κ1) is 11.5. The number of methoxy groups -OCH3 is 1. The number of nitrogen functional groups attached to an aromatic ring is 1. The largest absolute Gasteiger partial charge is 0.497 e. The third kappa shape index (κ3) is 2.11. The number of ether oxygens (including phenoxy) is 1. The number of aromatic nitrogens is 1. The van der Waals surface area contributed by atoms with Crippen LogP contribution >= 0.6 is 0 Å². The molecule has 0 saturated carbocycles. The molecule has 4 heteroatoms. The first-order chi connectivity index (χ1) is 8.13. The highest BCUT2D eigenvalue weighted by molar-refractivity contribution is 5.76. The zero-order valence-corrected chi connectivity index (χ0v) is 10.2. The molecule has 0 atom stereocenters. The van der Waals surface area contributed by atoms with E-state index in [9.17, 15) is 0 Å². The summed E-state index contributed by atoms with van der Waals surface area (Å²) in [4.78, 5) is 0. The average molecular weight is 232 g/mol. The fraction of sp³-hybridized carbons (Fsp3) is 0.308. The van der Waals surface area contributed by atoms with Crippen LogP contribution in [0.3, 0.4) is 0 Å². The van der Waals surface area contributed by atoms with E-state index in [0.717, 1.165) is 22.6 Å². The van der Waals surface area contributed by atoms with Gasteiger partial charge in [-0.2, -0.15) is 0 Å². The molecule has 1 aromatic heterocycles. The summed E-state index contributed by atoms with van der Waals surface area (Å²) in [6.45, 7) is 4.10. The Morgan fingerprint density at radius 1 is 1.24 bits per heavy atom. The third-order valence-corrected chi connectivity index (χ3v) is 2.65. The molecule has 2 rings (SSSR count). The predicted octanol–water partition coefficient (Wildman–Crippen LogP) is 3.06. The molecule has 1 aromatic carbocycles. The molecule has 0 unspecified atom stereocenters. The molecule has 0 fully saturated rings. The summed E-state index contributed by atoms with van der Waals surface area (Å²) in [6, 6.07) is 7.69. The maximum Gasteiger partial charge on any atom is 0.175 e. The highest BCUT2D eigenvalue weighted by atomic mass is 16.5. The van der Waals surface area contributed by atoms with Gasteiger partial charge < -0.3 is 15.0 Å². The van der Waals surface area contributed by atoms with Gasteiger partial charge in [0, 0.05) is 5.92 Å². The summed E-state index contributed by atoms with van der Waals surface area (Å²) in [5.41, 5.74) is 7.72. The summed E-state index contributed by atoms with van der Waals surface area (Å²) in [5, 5.41) is 3.83. The maximum absolute atomic E-state index is 5.85. The number of benzene rings is 1. The Labute approximate surface area is 100 Å². The van der Waals surface area contributed by atoms with Crippen LogP contribution in [0, 0.1) is 0 Å². The quantitative estimate of drug-likeness (QED) is 0.883. The SMILES string of the molecule is COc1ccc(-c2c(N)noc2C(C)C)cc1. The molecule has 90 valence electrons. The van der Waals surface area contributed by atoms with Crippen LogP contribution in [-0.4, -0.2) is 12.3 Å². The van der Waals surface area contributed by atoms with Crippen molar-refractivity contribution in [3.8, 4) is 16.9 Å². The van der Waals surface area contributed by atoms with Gasteiger partial charge in [0.05, 0.1) is 12.7 Å². The number of hydrogen-bond acceptors (Lipinski definition) is 4. The molecule has 2 N–H and O–H groups in total. The van der Waals surface area contributed by atoms with Gasteiger partial charge in [0.1, 0.15) is 11.5 Å². The molecule has 17 heavy (non-hydrogen) atoms. The number of nitrogens with zero attached hydrogens (tertiary/aromatic N) is 1. The number of rotatable bonds is 3. The van der Waals surface area contributed by atoms with Crippen LogP contribution in [0.25, 0.3) is 11.1 Å². The van der Waals surface area contributed by atoms with Gasteiger partial charge in [0.2, 0.25) is 0 Å². The molecule has 0 amide bonds. The number of anilines is 1. The van der Waals surface area contributed by atoms with Crippen LogP contribution in [0.4, 0.5) is 5.82 Å². The lowest BCUT2D eigenvalue weighted by atomic mass is 10.00. The van der Waals surface area contributed by atoms with Crippen LogP contribution in [0.1, 0.15) is 25.5 Å². The molecule has 0 saturated heterocycles. The Kier molecular flexibility index (Phi) is 3.04. The van der Waals surface area contributed by atoms with Crippen molar-refractivity contribution in [1.82, 2.24) is 5.16 Å². The lowest BCUT2D eigenvalue weighted by molar-refractivity contribution is 0.374. The highest BCUT2D eigenvalue weighted by Crippen LogP contribution is 2.34. The lowest BCUT2D eigenvalue weighted by Gasteiger charge is -2.06. The maximum atomic E-state index is 5.85. The molecule has 0 radical (unpaired) electrons. The Morgan fingerprint density at radius 2 is 1.88 bits per heavy atom. The van der Waals surface area contributed by atoms with E-state index in [4.69, 9.17) is 15.0 Å². The van der Waals surface area contributed by atoms with E-state index in [1.165, 1.54) is 0 Å². The van der Waals surface area contributed by atoms with Gasteiger partial charge in [-0.25, -0.2) is 0 Å². The van der Waals surface area contributed by atoms with Crippen LogP contribution < -0.4 is 10.5 Å². The standard InChI is InChI=1S/C13H16N2O2/c1-8(2)12-11(13(14)15-17-12)9-4-6-10(16-3)7-5-9/h4-8H,1-3H3,(H2,14,15). The highest BCUT2D eigenvalue weighted by Gasteiger charge is 2.18. The molecule has 0 aliphatic carbocycles. The number of hydrogen-bond donors (Lipinski definition) is 1. The minimum Gasteiger partial charge on any atom is -0.497 e. The zero-order chi connectivity index (χ0) is 12.4. The Balaban J connectivity index is 2.48. The second-order valence-corrected chi connectivity index (χ2v) is 4.19. The summed E-state index contributed by atoms with van der Waals surface area (Å²) in [5.74, 6) is 2.30. The van der Waals surface area contributed by atoms with E-state index >= 15 is 0 Å². The van der Waals surface area contributed by atoms with Gasteiger partial charge in [0.25, 0.3) is 0 Å². The molecule has 0 aliphatic heterocycles. The normalized spacial score (nSPS) is 10.8. The second-order valence-electron chi connectivity index (χ2n) is 4.19. The fourth-order valence-corrected chi connectivity index (χ4v) is 1.76. The van der Waals surface area contributed by atoms with Crippen molar-refractivity contribution in [2.75, 3.05) is 12.8 Å². The average Bonchev–Trinajstić information content (AvgIpc) is 2.71. The van der Waals surface area contributed by atoms with Crippen molar-refractivity contribution in [2.24, 2.45) is 0 Å². The zero-order valence-electron chi connectivity index (χ0n) is 10.2. The van der Waals surface area contributed by atoms with Crippen molar-refractivity contribution in [3.05, 3.63) is 30.0 Å². The summed E-state index contributed by atoms with van der Waals surface area (Å²) in [6.07, 6.45) is 0. The van der Waals surface area contributed by atoms with E-state index < -0.39 is 0 Å². The van der Waals surface area contributed by atoms with Crippen molar-refractivity contribution in [1.29, 1.82) is 0 Å². The Hall–Kier alpha value is -1.97. The third-order valence-electron chi connectivity index (χ3n) is 2.65. The van der Waals surface area contributed by atoms with Gasteiger partial charge >= 0.3 is 0 Å². The van der Waals surface area contributed by atoms with Crippen molar-refractivity contribution >= 4 is 5.82 Å². The molecular formula is C13H16N2O2. The molecular weight excluding hydrogens is 216 g/mol. The van der Waals surface area contributed by atoms with Crippen molar-refractivity contribution in [2.45, 2.75) is 19.8 Å².